The van der Waals surface area contributed by atoms with Crippen molar-refractivity contribution in [1.29, 1.82) is 0 Å². The van der Waals surface area contributed by atoms with E-state index in [1.165, 1.54) is 0 Å². The summed E-state index contributed by atoms with van der Waals surface area (Å²) in [7, 11) is 0. The summed E-state index contributed by atoms with van der Waals surface area (Å²) in [5.41, 5.74) is 0.932. The Morgan fingerprint density at radius 1 is 1.64 bits per heavy atom. The molecule has 76 valence electrons. The molecule has 2 rings (SSSR count). The molecular weight excluding hydrogens is 202 g/mol. The first-order valence-corrected chi connectivity index (χ1v) is 5.17. The maximum atomic E-state index is 5.77. The average Bonchev–Trinajstić information content (AvgIpc) is 2.71. The van der Waals surface area contributed by atoms with E-state index in [0.717, 1.165) is 24.3 Å². The van der Waals surface area contributed by atoms with Gasteiger partial charge in [0.25, 0.3) is 0 Å². The number of aromatic nitrogens is 1. The van der Waals surface area contributed by atoms with E-state index in [9.17, 15) is 0 Å². The fraction of sp³-hybridized carbons (Fsp3) is 0.500. The van der Waals surface area contributed by atoms with Crippen LogP contribution in [-0.2, 0) is 10.6 Å². The Morgan fingerprint density at radius 2 is 2.57 bits per heavy atom. The lowest BCUT2D eigenvalue weighted by atomic mass is 10.2. The second-order valence-electron chi connectivity index (χ2n) is 3.22. The number of alkyl halides is 1. The van der Waals surface area contributed by atoms with E-state index in [0.29, 0.717) is 12.5 Å². The lowest BCUT2D eigenvalue weighted by molar-refractivity contribution is 0.140. The van der Waals surface area contributed by atoms with Crippen molar-refractivity contribution in [3.05, 3.63) is 24.0 Å². The molecule has 0 amide bonds. The van der Waals surface area contributed by atoms with E-state index >= 15 is 0 Å². The summed E-state index contributed by atoms with van der Waals surface area (Å²) in [6.45, 7) is 1.45. The van der Waals surface area contributed by atoms with Gasteiger partial charge in [0.15, 0.2) is 0 Å². The van der Waals surface area contributed by atoms with Gasteiger partial charge in [0.05, 0.1) is 19.1 Å². The van der Waals surface area contributed by atoms with Gasteiger partial charge in [-0.1, -0.05) is 0 Å². The molecule has 14 heavy (non-hydrogen) atoms. The third-order valence-corrected chi connectivity index (χ3v) is 2.47. The van der Waals surface area contributed by atoms with Crippen LogP contribution in [0, 0.1) is 0 Å². The normalized spacial score (nSPS) is 21.1. The van der Waals surface area contributed by atoms with Gasteiger partial charge < -0.3 is 9.47 Å². The summed E-state index contributed by atoms with van der Waals surface area (Å²) in [5, 5.41) is 0. The second-order valence-corrected chi connectivity index (χ2v) is 3.49. The molecule has 1 aromatic rings. The highest BCUT2D eigenvalue weighted by Crippen LogP contribution is 2.22. The van der Waals surface area contributed by atoms with E-state index in [4.69, 9.17) is 21.1 Å². The van der Waals surface area contributed by atoms with Crippen molar-refractivity contribution in [2.45, 2.75) is 18.4 Å². The molecule has 1 fully saturated rings. The van der Waals surface area contributed by atoms with Crippen molar-refractivity contribution in [3.8, 4) is 5.75 Å². The zero-order valence-electron chi connectivity index (χ0n) is 7.78. The van der Waals surface area contributed by atoms with Crippen LogP contribution in [0.5, 0.6) is 5.75 Å². The number of rotatable bonds is 3. The molecule has 1 aliphatic rings. The number of pyridine rings is 1. The van der Waals surface area contributed by atoms with Gasteiger partial charge in [0.1, 0.15) is 11.9 Å². The third-order valence-electron chi connectivity index (χ3n) is 2.18. The molecular formula is C10H12ClNO2. The molecule has 1 aromatic heterocycles. The van der Waals surface area contributed by atoms with E-state index in [2.05, 4.69) is 4.98 Å². The molecule has 1 unspecified atom stereocenters. The van der Waals surface area contributed by atoms with Crippen LogP contribution in [0.25, 0.3) is 0 Å². The molecule has 0 spiro atoms. The predicted octanol–water partition coefficient (Wildman–Crippen LogP) is 1.99. The molecule has 0 aliphatic carbocycles. The quantitative estimate of drug-likeness (QED) is 0.720. The largest absolute Gasteiger partial charge is 0.487 e. The average molecular weight is 214 g/mol. The number of nitrogens with zero attached hydrogens (tertiary/aromatic N) is 1. The first-order valence-electron chi connectivity index (χ1n) is 4.63. The molecule has 2 heterocycles. The summed E-state index contributed by atoms with van der Waals surface area (Å²) in [6, 6.07) is 1.84. The minimum Gasteiger partial charge on any atom is -0.487 e. The molecule has 1 saturated heterocycles. The van der Waals surface area contributed by atoms with E-state index in [1.54, 1.807) is 12.4 Å². The minimum absolute atomic E-state index is 0.166. The van der Waals surface area contributed by atoms with Crippen molar-refractivity contribution in [2.75, 3.05) is 13.2 Å². The molecule has 0 saturated carbocycles. The maximum absolute atomic E-state index is 5.77. The summed E-state index contributed by atoms with van der Waals surface area (Å²) in [6.07, 6.45) is 4.56. The van der Waals surface area contributed by atoms with Crippen LogP contribution in [-0.4, -0.2) is 24.3 Å². The number of ether oxygens (including phenoxy) is 2. The lowest BCUT2D eigenvalue weighted by Crippen LogP contribution is -2.16. The van der Waals surface area contributed by atoms with Crippen LogP contribution in [0.1, 0.15) is 12.0 Å². The standard InChI is InChI=1S/C10H12ClNO2/c11-5-8-6-12-3-1-10(8)14-9-2-4-13-7-9/h1,3,6,9H,2,4-5,7H2. The zero-order valence-corrected chi connectivity index (χ0v) is 8.54. The van der Waals surface area contributed by atoms with Crippen LogP contribution in [0.15, 0.2) is 18.5 Å². The highest BCUT2D eigenvalue weighted by Gasteiger charge is 2.18. The predicted molar refractivity (Wildman–Crippen MR) is 53.6 cm³/mol. The Bertz CT molecular complexity index is 300. The summed E-state index contributed by atoms with van der Waals surface area (Å²) >= 11 is 5.77. The van der Waals surface area contributed by atoms with Gasteiger partial charge in [0.2, 0.25) is 0 Å². The molecule has 0 N–H and O–H groups in total. The minimum atomic E-state index is 0.166. The van der Waals surface area contributed by atoms with Gasteiger partial charge in [-0.3, -0.25) is 4.98 Å². The van der Waals surface area contributed by atoms with Crippen molar-refractivity contribution >= 4 is 11.6 Å². The van der Waals surface area contributed by atoms with E-state index in [1.807, 2.05) is 6.07 Å². The monoisotopic (exact) mass is 213 g/mol. The Morgan fingerprint density at radius 3 is 3.29 bits per heavy atom. The summed E-state index contributed by atoms with van der Waals surface area (Å²) < 4.78 is 11.0. The van der Waals surface area contributed by atoms with Crippen molar-refractivity contribution in [3.63, 3.8) is 0 Å². The van der Waals surface area contributed by atoms with Crippen LogP contribution >= 0.6 is 11.6 Å². The Balaban J connectivity index is 2.07. The molecule has 1 aliphatic heterocycles. The van der Waals surface area contributed by atoms with Gasteiger partial charge >= 0.3 is 0 Å². The van der Waals surface area contributed by atoms with Crippen LogP contribution < -0.4 is 4.74 Å². The SMILES string of the molecule is ClCc1cnccc1OC1CCOC1. The van der Waals surface area contributed by atoms with Crippen LogP contribution in [0.4, 0.5) is 0 Å². The van der Waals surface area contributed by atoms with E-state index < -0.39 is 0 Å². The highest BCUT2D eigenvalue weighted by atomic mass is 35.5. The fourth-order valence-electron chi connectivity index (χ4n) is 1.42. The fourth-order valence-corrected chi connectivity index (χ4v) is 1.62. The zero-order chi connectivity index (χ0) is 9.80. The first kappa shape index (κ1) is 9.74. The molecule has 1 atom stereocenters. The van der Waals surface area contributed by atoms with Crippen molar-refractivity contribution < 1.29 is 9.47 Å². The summed E-state index contributed by atoms with van der Waals surface area (Å²) in [4.78, 5) is 4.00. The topological polar surface area (TPSA) is 31.4 Å². The highest BCUT2D eigenvalue weighted by molar-refractivity contribution is 6.17. The Kier molecular flexibility index (Phi) is 3.22. The smallest absolute Gasteiger partial charge is 0.127 e. The van der Waals surface area contributed by atoms with Gasteiger partial charge in [-0.25, -0.2) is 0 Å². The number of hydrogen-bond donors (Lipinski definition) is 0. The van der Waals surface area contributed by atoms with Gasteiger partial charge in [-0.05, 0) is 6.07 Å². The number of halogens is 1. The lowest BCUT2D eigenvalue weighted by Gasteiger charge is -2.13. The number of hydrogen-bond acceptors (Lipinski definition) is 3. The molecule has 0 bridgehead atoms. The second kappa shape index (κ2) is 4.62. The van der Waals surface area contributed by atoms with Crippen LogP contribution in [0.2, 0.25) is 0 Å². The van der Waals surface area contributed by atoms with Crippen LogP contribution in [0.3, 0.4) is 0 Å². The molecule has 0 radical (unpaired) electrons. The Labute approximate surface area is 88.0 Å². The van der Waals surface area contributed by atoms with Crippen molar-refractivity contribution in [1.82, 2.24) is 4.98 Å². The third kappa shape index (κ3) is 2.16. The van der Waals surface area contributed by atoms with Crippen molar-refractivity contribution in [2.24, 2.45) is 0 Å². The molecule has 4 heteroatoms. The van der Waals surface area contributed by atoms with Gasteiger partial charge in [0, 0.05) is 24.4 Å². The van der Waals surface area contributed by atoms with E-state index in [-0.39, 0.29) is 6.10 Å². The Hall–Kier alpha value is -0.800. The molecule has 0 aromatic carbocycles. The first-order chi connectivity index (χ1) is 6.90. The summed E-state index contributed by atoms with van der Waals surface area (Å²) in [5.74, 6) is 1.25. The van der Waals surface area contributed by atoms with Gasteiger partial charge in [-0.15, -0.1) is 11.6 Å². The molecule has 3 nitrogen and oxygen atoms in total. The maximum Gasteiger partial charge on any atom is 0.127 e. The van der Waals surface area contributed by atoms with Gasteiger partial charge in [-0.2, -0.15) is 0 Å².